The van der Waals surface area contributed by atoms with Crippen molar-refractivity contribution in [3.63, 3.8) is 0 Å². The maximum Gasteiger partial charge on any atom is 0.305 e. The molecule has 0 bridgehead atoms. The number of imidazole rings is 1. The van der Waals surface area contributed by atoms with Gasteiger partial charge in [0.25, 0.3) is 0 Å². The third kappa shape index (κ3) is 0.839. The van der Waals surface area contributed by atoms with Gasteiger partial charge >= 0.3 is 5.65 Å². The van der Waals surface area contributed by atoms with Crippen LogP contribution in [0.3, 0.4) is 0 Å². The van der Waals surface area contributed by atoms with E-state index in [9.17, 15) is 0 Å². The van der Waals surface area contributed by atoms with Crippen LogP contribution in [-0.4, -0.2) is 9.61 Å². The number of nitrogens with one attached hydrogen (secondary N) is 1. The molecule has 1 N–H and O–H groups in total. The van der Waals surface area contributed by atoms with Gasteiger partial charge in [0.1, 0.15) is 0 Å². The van der Waals surface area contributed by atoms with Gasteiger partial charge in [-0.05, 0) is 18.2 Å². The van der Waals surface area contributed by atoms with Crippen LogP contribution in [-0.2, 0) is 0 Å². The third-order valence-electron chi connectivity index (χ3n) is 2.15. The van der Waals surface area contributed by atoms with Crippen molar-refractivity contribution < 1.29 is 4.98 Å². The van der Waals surface area contributed by atoms with E-state index < -0.39 is 0 Å². The lowest BCUT2D eigenvalue weighted by Crippen LogP contribution is -1.99. The molecule has 0 atom stereocenters. The van der Waals surface area contributed by atoms with Gasteiger partial charge in [-0.2, -0.15) is 0 Å². The fourth-order valence-electron chi connectivity index (χ4n) is 1.56. The van der Waals surface area contributed by atoms with Crippen molar-refractivity contribution >= 4 is 16.7 Å². The minimum absolute atomic E-state index is 1.02. The summed E-state index contributed by atoms with van der Waals surface area (Å²) in [6.07, 6.45) is 1.78. The van der Waals surface area contributed by atoms with Gasteiger partial charge in [0.05, 0.1) is 6.20 Å². The molecule has 0 unspecified atom stereocenters. The number of nitrogens with zero attached hydrogens (tertiary/aromatic N) is 2. The molecule has 2 aromatic heterocycles. The first kappa shape index (κ1) is 6.60. The van der Waals surface area contributed by atoms with Gasteiger partial charge in [0, 0.05) is 6.07 Å². The molecule has 2 heterocycles. The van der Waals surface area contributed by atoms with Crippen molar-refractivity contribution in [2.75, 3.05) is 0 Å². The zero-order valence-corrected chi connectivity index (χ0v) is 6.94. The predicted octanol–water partition coefficient (Wildman–Crippen LogP) is 1.30. The number of H-pyrrole nitrogens is 1. The lowest BCUT2D eigenvalue weighted by Gasteiger charge is -1.82. The summed E-state index contributed by atoms with van der Waals surface area (Å²) in [6, 6.07) is 12.0. The van der Waals surface area contributed by atoms with E-state index in [0.717, 1.165) is 16.7 Å². The second-order valence-electron chi connectivity index (χ2n) is 2.96. The summed E-state index contributed by atoms with van der Waals surface area (Å²) in [6.45, 7) is 0. The summed E-state index contributed by atoms with van der Waals surface area (Å²) in [5.41, 5.74) is 3.24. The standard InChI is InChI=1S/C10H7N3/c1-2-5-9-8(4-1)12-10-6-3-7-11-13(9)10/h1-7H/p+1. The van der Waals surface area contributed by atoms with Gasteiger partial charge < -0.3 is 0 Å². The summed E-state index contributed by atoms with van der Waals surface area (Å²) in [7, 11) is 0. The number of hydrogen-bond donors (Lipinski definition) is 0. The monoisotopic (exact) mass is 170 g/mol. The van der Waals surface area contributed by atoms with Gasteiger partial charge in [0.2, 0.25) is 5.52 Å². The lowest BCUT2D eigenvalue weighted by molar-refractivity contribution is -0.311. The second kappa shape index (κ2) is 2.29. The van der Waals surface area contributed by atoms with E-state index in [1.165, 1.54) is 0 Å². The molecule has 1 aromatic carbocycles. The maximum atomic E-state index is 4.25. The molecule has 0 amide bonds. The first-order chi connectivity index (χ1) is 6.45. The molecule has 3 heteroatoms. The quantitative estimate of drug-likeness (QED) is 0.500. The van der Waals surface area contributed by atoms with Crippen LogP contribution in [0, 0.1) is 0 Å². The Labute approximate surface area is 74.6 Å². The molecule has 3 aromatic rings. The number of benzene rings is 1. The molecule has 13 heavy (non-hydrogen) atoms. The summed E-state index contributed by atoms with van der Waals surface area (Å²) >= 11 is 0. The van der Waals surface area contributed by atoms with Crippen LogP contribution < -0.4 is 4.98 Å². The molecule has 0 aliphatic heterocycles. The van der Waals surface area contributed by atoms with E-state index in [1.54, 1.807) is 6.20 Å². The number of rotatable bonds is 0. The number of aromatic nitrogens is 3. The van der Waals surface area contributed by atoms with Crippen LogP contribution in [0.25, 0.3) is 16.7 Å². The van der Waals surface area contributed by atoms with Crippen molar-refractivity contribution in [2.45, 2.75) is 0 Å². The Balaban J connectivity index is 2.64. The second-order valence-corrected chi connectivity index (χ2v) is 2.96. The summed E-state index contributed by atoms with van der Waals surface area (Å²) < 4.78 is 1.90. The van der Waals surface area contributed by atoms with Crippen LogP contribution >= 0.6 is 0 Å². The van der Waals surface area contributed by atoms with E-state index in [4.69, 9.17) is 0 Å². The first-order valence-corrected chi connectivity index (χ1v) is 4.19. The van der Waals surface area contributed by atoms with E-state index in [2.05, 4.69) is 10.1 Å². The van der Waals surface area contributed by atoms with Crippen molar-refractivity contribution in [3.05, 3.63) is 42.6 Å². The highest BCUT2D eigenvalue weighted by atomic mass is 15.2. The minimum Gasteiger partial charge on any atom is -0.235 e. The van der Waals surface area contributed by atoms with E-state index >= 15 is 0 Å². The Hall–Kier alpha value is -1.90. The van der Waals surface area contributed by atoms with E-state index in [1.807, 2.05) is 40.9 Å². The van der Waals surface area contributed by atoms with Crippen molar-refractivity contribution in [3.8, 4) is 0 Å². The van der Waals surface area contributed by atoms with E-state index in [0.29, 0.717) is 0 Å². The Bertz CT molecular complexity index is 518. The Morgan fingerprint density at radius 3 is 3.00 bits per heavy atom. The largest absolute Gasteiger partial charge is 0.305 e. The van der Waals surface area contributed by atoms with Crippen LogP contribution in [0.5, 0.6) is 0 Å². The molecule has 0 aliphatic rings. The number of hydrogen-bond acceptors (Lipinski definition) is 1. The molecule has 0 spiro atoms. The molecule has 0 aliphatic carbocycles. The summed E-state index contributed by atoms with van der Waals surface area (Å²) in [5, 5.41) is 4.25. The average Bonchev–Trinajstić information content (AvgIpc) is 2.56. The van der Waals surface area contributed by atoms with Crippen LogP contribution in [0.15, 0.2) is 42.6 Å². The molecular formula is C10H8N3+. The Morgan fingerprint density at radius 2 is 2.00 bits per heavy atom. The number of fused-ring (bicyclic) bond motifs is 3. The molecular weight excluding hydrogens is 162 g/mol. The topological polar surface area (TPSA) is 31.4 Å². The average molecular weight is 170 g/mol. The fraction of sp³-hybridized carbons (Fsp3) is 0. The van der Waals surface area contributed by atoms with Crippen LogP contribution in [0.2, 0.25) is 0 Å². The van der Waals surface area contributed by atoms with Gasteiger partial charge in [0.15, 0.2) is 5.52 Å². The van der Waals surface area contributed by atoms with Crippen molar-refractivity contribution in [1.82, 2.24) is 9.61 Å². The summed E-state index contributed by atoms with van der Waals surface area (Å²) in [4.78, 5) is 3.28. The van der Waals surface area contributed by atoms with E-state index in [-0.39, 0.29) is 0 Å². The Morgan fingerprint density at radius 1 is 1.08 bits per heavy atom. The minimum atomic E-state index is 1.02. The molecule has 0 saturated heterocycles. The molecule has 0 fully saturated rings. The Kier molecular flexibility index (Phi) is 1.16. The highest BCUT2D eigenvalue weighted by Gasteiger charge is 2.09. The van der Waals surface area contributed by atoms with Gasteiger partial charge in [-0.25, -0.2) is 4.98 Å². The van der Waals surface area contributed by atoms with Crippen molar-refractivity contribution in [1.29, 1.82) is 0 Å². The first-order valence-electron chi connectivity index (χ1n) is 4.19. The normalized spacial score (nSPS) is 11.1. The lowest BCUT2D eigenvalue weighted by atomic mass is 10.3. The van der Waals surface area contributed by atoms with Gasteiger partial charge in [-0.15, -0.1) is 0 Å². The number of para-hydroxylation sites is 2. The molecule has 0 saturated carbocycles. The van der Waals surface area contributed by atoms with Gasteiger partial charge in [-0.3, -0.25) is 0 Å². The molecule has 0 radical (unpaired) electrons. The van der Waals surface area contributed by atoms with Crippen molar-refractivity contribution in [2.24, 2.45) is 0 Å². The molecule has 3 rings (SSSR count). The molecule has 3 nitrogen and oxygen atoms in total. The summed E-state index contributed by atoms with van der Waals surface area (Å²) in [5.74, 6) is 0. The maximum absolute atomic E-state index is 4.25. The molecule has 62 valence electrons. The fourth-order valence-corrected chi connectivity index (χ4v) is 1.56. The number of aromatic amines is 1. The highest BCUT2D eigenvalue weighted by Crippen LogP contribution is 2.09. The highest BCUT2D eigenvalue weighted by molar-refractivity contribution is 5.74. The van der Waals surface area contributed by atoms with Gasteiger partial charge in [-0.1, -0.05) is 21.7 Å². The third-order valence-corrected chi connectivity index (χ3v) is 2.15. The zero-order valence-electron chi connectivity index (χ0n) is 6.94. The zero-order chi connectivity index (χ0) is 8.67. The smallest absolute Gasteiger partial charge is 0.235 e. The SMILES string of the molecule is c1ccc2c(c1)[nH+]c1cccnn12. The van der Waals surface area contributed by atoms with Crippen LogP contribution in [0.1, 0.15) is 0 Å². The predicted molar refractivity (Wildman–Crippen MR) is 49.3 cm³/mol. The van der Waals surface area contributed by atoms with Crippen LogP contribution in [0.4, 0.5) is 0 Å².